The molecule has 0 amide bonds. The molecule has 0 saturated carbocycles. The van der Waals surface area contributed by atoms with Gasteiger partial charge in [0.25, 0.3) is 0 Å². The SMILES string of the molecule is Cc1c(-c2ccc(-c3ccccc3)cc2)c(C)[n+]2n1-c1cccc3c1C21c2c(ccc4c5ccccc5n-3c24)-n2ccc[n+]21. The van der Waals surface area contributed by atoms with E-state index in [0.717, 1.165) is 0 Å². The monoisotopic (exact) mass is 565 g/mol. The van der Waals surface area contributed by atoms with Crippen LogP contribution in [0.25, 0.3) is 61.1 Å². The molecule has 5 aromatic carbocycles. The van der Waals surface area contributed by atoms with Gasteiger partial charge in [-0.15, -0.1) is 9.36 Å². The van der Waals surface area contributed by atoms with E-state index in [1.54, 1.807) is 0 Å². The summed E-state index contributed by atoms with van der Waals surface area (Å²) in [6.07, 6.45) is 4.46. The van der Waals surface area contributed by atoms with E-state index in [2.05, 4.69) is 165 Å². The van der Waals surface area contributed by atoms with Gasteiger partial charge in [0.15, 0.2) is 11.1 Å². The fraction of sp³-hybridized carbons (Fsp3) is 0.0769. The minimum absolute atomic E-state index is 0.550. The number of fused-ring (bicyclic) bond motifs is 8. The summed E-state index contributed by atoms with van der Waals surface area (Å²) in [5.74, 6) is 0. The molecule has 5 nitrogen and oxygen atoms in total. The summed E-state index contributed by atoms with van der Waals surface area (Å²) in [7, 11) is 0. The highest BCUT2D eigenvalue weighted by Gasteiger charge is 2.73. The Morgan fingerprint density at radius 1 is 0.591 bits per heavy atom. The van der Waals surface area contributed by atoms with Crippen LogP contribution in [0.15, 0.2) is 128 Å². The van der Waals surface area contributed by atoms with E-state index in [1.807, 2.05) is 0 Å². The van der Waals surface area contributed by atoms with Gasteiger partial charge in [0.05, 0.1) is 34.2 Å². The first kappa shape index (κ1) is 22.9. The second-order valence-electron chi connectivity index (χ2n) is 12.3. The molecule has 0 aliphatic carbocycles. The van der Waals surface area contributed by atoms with Crippen LogP contribution < -0.4 is 9.36 Å². The van der Waals surface area contributed by atoms with Crippen LogP contribution in [0.5, 0.6) is 0 Å². The number of hydrogen-bond donors (Lipinski definition) is 0. The van der Waals surface area contributed by atoms with Crippen LogP contribution in [0.2, 0.25) is 0 Å². The molecule has 8 aromatic rings. The Bertz CT molecular complexity index is 2560. The van der Waals surface area contributed by atoms with Gasteiger partial charge in [-0.25, -0.2) is 0 Å². The summed E-state index contributed by atoms with van der Waals surface area (Å²) >= 11 is 0. The highest BCUT2D eigenvalue weighted by atomic mass is 15.6. The number of rotatable bonds is 2. The molecule has 11 rings (SSSR count). The van der Waals surface area contributed by atoms with Crippen molar-refractivity contribution in [1.82, 2.24) is 13.9 Å². The summed E-state index contributed by atoms with van der Waals surface area (Å²) in [4.78, 5) is 0. The zero-order valence-electron chi connectivity index (χ0n) is 24.4. The fourth-order valence-corrected chi connectivity index (χ4v) is 8.88. The van der Waals surface area contributed by atoms with Crippen LogP contribution in [-0.2, 0) is 5.66 Å². The second-order valence-corrected chi connectivity index (χ2v) is 12.3. The topological polar surface area (TPSA) is 22.5 Å². The summed E-state index contributed by atoms with van der Waals surface area (Å²) in [5, 5.41) is 2.60. The molecule has 1 spiro atoms. The lowest BCUT2D eigenvalue weighted by molar-refractivity contribution is -1.02. The van der Waals surface area contributed by atoms with Gasteiger partial charge in [-0.3, -0.25) is 0 Å². The van der Waals surface area contributed by atoms with Gasteiger partial charge < -0.3 is 4.57 Å². The third kappa shape index (κ3) is 2.30. The zero-order chi connectivity index (χ0) is 28.9. The van der Waals surface area contributed by atoms with Crippen LogP contribution >= 0.6 is 0 Å². The quantitative estimate of drug-likeness (QED) is 0.199. The highest BCUT2D eigenvalue weighted by Crippen LogP contribution is 2.53. The molecule has 0 saturated heterocycles. The lowest BCUT2D eigenvalue weighted by Gasteiger charge is -2.23. The lowest BCUT2D eigenvalue weighted by Crippen LogP contribution is -2.75. The number of aromatic nitrogens is 5. The molecule has 6 heterocycles. The summed E-state index contributed by atoms with van der Waals surface area (Å²) in [6.45, 7) is 4.59. The van der Waals surface area contributed by atoms with Crippen LogP contribution in [0.3, 0.4) is 0 Å². The van der Waals surface area contributed by atoms with Crippen LogP contribution in [0.1, 0.15) is 22.5 Å². The smallest absolute Gasteiger partial charge is 0.307 e. The average Bonchev–Trinajstić information content (AvgIpc) is 3.85. The lowest BCUT2D eigenvalue weighted by atomic mass is 9.85. The number of hydrogen-bond acceptors (Lipinski definition) is 0. The van der Waals surface area contributed by atoms with Gasteiger partial charge >= 0.3 is 5.66 Å². The molecule has 3 aromatic heterocycles. The first-order chi connectivity index (χ1) is 21.7. The first-order valence-electron chi connectivity index (χ1n) is 15.3. The third-order valence-corrected chi connectivity index (χ3v) is 10.4. The molecule has 1 unspecified atom stereocenters. The third-order valence-electron chi connectivity index (χ3n) is 10.4. The summed E-state index contributed by atoms with van der Waals surface area (Å²) in [6, 6.07) is 42.3. The molecule has 3 aliphatic rings. The predicted molar refractivity (Wildman–Crippen MR) is 172 cm³/mol. The Morgan fingerprint density at radius 2 is 1.34 bits per heavy atom. The van der Waals surface area contributed by atoms with E-state index in [-0.39, 0.29) is 0 Å². The number of para-hydroxylation sites is 1. The van der Waals surface area contributed by atoms with Crippen molar-refractivity contribution in [3.05, 3.63) is 150 Å². The predicted octanol–water partition coefficient (Wildman–Crippen LogP) is 7.13. The van der Waals surface area contributed by atoms with Crippen molar-refractivity contribution in [2.75, 3.05) is 0 Å². The second kappa shape index (κ2) is 7.44. The molecule has 44 heavy (non-hydrogen) atoms. The van der Waals surface area contributed by atoms with Crippen molar-refractivity contribution in [2.24, 2.45) is 0 Å². The molecule has 3 aliphatic heterocycles. The molecule has 5 heteroatoms. The van der Waals surface area contributed by atoms with E-state index >= 15 is 0 Å². The fourth-order valence-electron chi connectivity index (χ4n) is 8.88. The average molecular weight is 566 g/mol. The van der Waals surface area contributed by atoms with Crippen LogP contribution in [0, 0.1) is 13.8 Å². The van der Waals surface area contributed by atoms with Gasteiger partial charge in [-0.2, -0.15) is 0 Å². The van der Waals surface area contributed by atoms with Crippen LogP contribution in [-0.4, -0.2) is 13.9 Å². The van der Waals surface area contributed by atoms with Gasteiger partial charge in [0.2, 0.25) is 11.9 Å². The van der Waals surface area contributed by atoms with Crippen molar-refractivity contribution in [2.45, 2.75) is 19.5 Å². The van der Waals surface area contributed by atoms with Crippen molar-refractivity contribution < 1.29 is 9.36 Å². The van der Waals surface area contributed by atoms with Gasteiger partial charge in [0, 0.05) is 23.8 Å². The molecule has 0 fully saturated rings. The highest BCUT2D eigenvalue weighted by molar-refractivity contribution is 6.12. The normalized spacial score (nSPS) is 16.5. The number of benzene rings is 5. The summed E-state index contributed by atoms with van der Waals surface area (Å²) in [5.41, 5.74) is 15.9. The molecular weight excluding hydrogens is 538 g/mol. The Kier molecular flexibility index (Phi) is 3.87. The summed E-state index contributed by atoms with van der Waals surface area (Å²) < 4.78 is 12.4. The maximum absolute atomic E-state index is 2.58. The largest absolute Gasteiger partial charge is 0.466 e. The minimum atomic E-state index is -0.550. The van der Waals surface area contributed by atoms with Crippen molar-refractivity contribution in [1.29, 1.82) is 0 Å². The van der Waals surface area contributed by atoms with E-state index in [4.69, 9.17) is 0 Å². The maximum Gasteiger partial charge on any atom is 0.466 e. The van der Waals surface area contributed by atoms with Crippen molar-refractivity contribution in [3.8, 4) is 39.3 Å². The van der Waals surface area contributed by atoms with Crippen molar-refractivity contribution >= 4 is 21.8 Å². The van der Waals surface area contributed by atoms with E-state index < -0.39 is 5.66 Å². The van der Waals surface area contributed by atoms with Gasteiger partial charge in [-0.1, -0.05) is 78.9 Å². The Morgan fingerprint density at radius 3 is 2.20 bits per heavy atom. The van der Waals surface area contributed by atoms with E-state index in [9.17, 15) is 0 Å². The molecule has 0 N–H and O–H groups in total. The Hall–Kier alpha value is -5.68. The minimum Gasteiger partial charge on any atom is -0.307 e. The molecule has 1 atom stereocenters. The van der Waals surface area contributed by atoms with Crippen LogP contribution in [0.4, 0.5) is 0 Å². The Labute approximate surface area is 253 Å². The zero-order valence-corrected chi connectivity index (χ0v) is 24.4. The van der Waals surface area contributed by atoms with Gasteiger partial charge in [0.1, 0.15) is 11.4 Å². The van der Waals surface area contributed by atoms with Crippen molar-refractivity contribution in [3.63, 3.8) is 0 Å². The van der Waals surface area contributed by atoms with E-state index in [0.29, 0.717) is 0 Å². The molecule has 206 valence electrons. The molecular formula is C39H27N5+2. The first-order valence-corrected chi connectivity index (χ1v) is 15.3. The maximum atomic E-state index is 2.58. The Balaban J connectivity index is 1.28. The number of nitrogens with zero attached hydrogens (tertiary/aromatic N) is 5. The standard InChI is InChI=1S/C39H27N5/c1-24-35(28-18-16-27(17-19-28)26-10-4-3-5-11-26)25(2)44-39-36-33(14-8-15-34(36)43(24)44)42-31-13-7-6-12-29(31)30-20-21-32(37(39)38(30)42)40-22-9-23-41(39)40/h3-23H,1-2H3/q+2. The molecule has 0 bridgehead atoms. The van der Waals surface area contributed by atoms with Gasteiger partial charge in [-0.05, 0) is 63.3 Å². The van der Waals surface area contributed by atoms with E-state index in [1.165, 1.54) is 83.6 Å². The molecule has 0 radical (unpaired) electrons.